The second-order valence-corrected chi connectivity index (χ2v) is 9.68. The first-order chi connectivity index (χ1) is 16.9. The van der Waals surface area contributed by atoms with Crippen molar-refractivity contribution in [1.29, 1.82) is 0 Å². The normalized spacial score (nSPS) is 14.5. The molecule has 0 saturated carbocycles. The number of nitrogens with zero attached hydrogens (tertiary/aromatic N) is 2. The predicted octanol–water partition coefficient (Wildman–Crippen LogP) is 6.61. The second-order valence-electron chi connectivity index (χ2n) is 7.83. The Labute approximate surface area is 215 Å². The first-order valence-corrected chi connectivity index (χ1v) is 12.5. The van der Waals surface area contributed by atoms with Crippen LogP contribution in [-0.4, -0.2) is 27.5 Å². The van der Waals surface area contributed by atoms with Gasteiger partial charge in [0, 0.05) is 18.7 Å². The minimum Gasteiger partial charge on any atom is -0.488 e. The zero-order valence-electron chi connectivity index (χ0n) is 18.6. The van der Waals surface area contributed by atoms with Crippen molar-refractivity contribution in [3.05, 3.63) is 109 Å². The summed E-state index contributed by atoms with van der Waals surface area (Å²) in [5.74, 6) is 0.276. The number of nitro benzene ring substituents is 1. The van der Waals surface area contributed by atoms with Crippen LogP contribution in [0.5, 0.6) is 5.75 Å². The van der Waals surface area contributed by atoms with E-state index in [1.54, 1.807) is 36.4 Å². The number of imide groups is 1. The van der Waals surface area contributed by atoms with E-state index in [2.05, 4.69) is 15.9 Å². The van der Waals surface area contributed by atoms with Crippen molar-refractivity contribution in [2.45, 2.75) is 19.4 Å². The quantitative estimate of drug-likeness (QED) is 0.168. The Morgan fingerprint density at radius 3 is 2.51 bits per heavy atom. The standard InChI is InChI=1S/C26H21BrN2O5S/c27-22-15-19(11-12-23(22)34-17-20-8-4-10-21(14-20)29(32)33)16-24-25(30)28(26(31)35-24)13-5-9-18-6-2-1-3-7-18/h1-4,6-8,10-12,14-16H,5,9,13,17H2/b24-16+. The molecule has 0 spiro atoms. The number of hydrogen-bond acceptors (Lipinski definition) is 6. The number of rotatable bonds is 9. The van der Waals surface area contributed by atoms with Gasteiger partial charge in [0.05, 0.1) is 14.3 Å². The number of nitro groups is 1. The van der Waals surface area contributed by atoms with E-state index in [4.69, 9.17) is 4.74 Å². The van der Waals surface area contributed by atoms with Crippen LogP contribution in [0.15, 0.2) is 82.2 Å². The van der Waals surface area contributed by atoms with E-state index >= 15 is 0 Å². The molecule has 2 amide bonds. The van der Waals surface area contributed by atoms with Gasteiger partial charge in [0.15, 0.2) is 0 Å². The fourth-order valence-electron chi connectivity index (χ4n) is 3.57. The van der Waals surface area contributed by atoms with Crippen LogP contribution in [-0.2, 0) is 17.8 Å². The van der Waals surface area contributed by atoms with Crippen LogP contribution in [0.4, 0.5) is 10.5 Å². The molecule has 1 aliphatic heterocycles. The van der Waals surface area contributed by atoms with Gasteiger partial charge in [-0.15, -0.1) is 0 Å². The molecule has 0 aliphatic carbocycles. The summed E-state index contributed by atoms with van der Waals surface area (Å²) in [5, 5.41) is 10.7. The molecule has 1 saturated heterocycles. The first kappa shape index (κ1) is 24.7. The zero-order valence-corrected chi connectivity index (χ0v) is 21.0. The lowest BCUT2D eigenvalue weighted by molar-refractivity contribution is -0.384. The summed E-state index contributed by atoms with van der Waals surface area (Å²) >= 11 is 4.41. The molecule has 3 aromatic rings. The fourth-order valence-corrected chi connectivity index (χ4v) is 4.95. The summed E-state index contributed by atoms with van der Waals surface area (Å²) in [6.45, 7) is 0.548. The van der Waals surface area contributed by atoms with Crippen LogP contribution in [0.1, 0.15) is 23.1 Å². The number of ether oxygens (including phenoxy) is 1. The van der Waals surface area contributed by atoms with Crippen molar-refractivity contribution in [2.24, 2.45) is 0 Å². The lowest BCUT2D eigenvalue weighted by Gasteiger charge is -2.12. The van der Waals surface area contributed by atoms with Crippen LogP contribution in [0.25, 0.3) is 6.08 Å². The highest BCUT2D eigenvalue weighted by molar-refractivity contribution is 9.10. The van der Waals surface area contributed by atoms with Crippen molar-refractivity contribution < 1.29 is 19.2 Å². The first-order valence-electron chi connectivity index (χ1n) is 10.9. The van der Waals surface area contributed by atoms with E-state index in [9.17, 15) is 19.7 Å². The number of halogens is 1. The van der Waals surface area contributed by atoms with Crippen LogP contribution >= 0.6 is 27.7 Å². The van der Waals surface area contributed by atoms with E-state index in [0.717, 1.165) is 23.7 Å². The second kappa shape index (κ2) is 11.3. The lowest BCUT2D eigenvalue weighted by Crippen LogP contribution is -2.29. The van der Waals surface area contributed by atoms with Crippen LogP contribution in [0.2, 0.25) is 0 Å². The molecule has 0 radical (unpaired) electrons. The molecule has 178 valence electrons. The topological polar surface area (TPSA) is 89.7 Å². The number of carbonyl (C=O) groups excluding carboxylic acids is 2. The van der Waals surface area contributed by atoms with E-state index in [1.165, 1.54) is 22.6 Å². The van der Waals surface area contributed by atoms with E-state index in [-0.39, 0.29) is 23.4 Å². The van der Waals surface area contributed by atoms with Crippen molar-refractivity contribution in [3.63, 3.8) is 0 Å². The molecule has 1 heterocycles. The number of amides is 2. The van der Waals surface area contributed by atoms with Crippen LogP contribution in [0.3, 0.4) is 0 Å². The van der Waals surface area contributed by atoms with Crippen LogP contribution < -0.4 is 4.74 Å². The molecule has 0 aromatic heterocycles. The molecular formula is C26H21BrN2O5S. The molecule has 0 bridgehead atoms. The van der Waals surface area contributed by atoms with Crippen molar-refractivity contribution in [2.75, 3.05) is 6.54 Å². The number of thioether (sulfide) groups is 1. The Balaban J connectivity index is 1.37. The Bertz CT molecular complexity index is 1300. The molecule has 3 aromatic carbocycles. The molecule has 1 aliphatic rings. The smallest absolute Gasteiger partial charge is 0.293 e. The van der Waals surface area contributed by atoms with Gasteiger partial charge >= 0.3 is 0 Å². The molecule has 35 heavy (non-hydrogen) atoms. The summed E-state index contributed by atoms with van der Waals surface area (Å²) in [7, 11) is 0. The SMILES string of the molecule is O=C1S/C(=C/c2ccc(OCc3cccc([N+](=O)[O-])c3)c(Br)c2)C(=O)N1CCCc1ccccc1. The Morgan fingerprint density at radius 2 is 1.77 bits per heavy atom. The Hall–Kier alpha value is -3.43. The fraction of sp³-hybridized carbons (Fsp3) is 0.154. The zero-order chi connectivity index (χ0) is 24.8. The van der Waals surface area contributed by atoms with Gasteiger partial charge in [-0.1, -0.05) is 48.5 Å². The predicted molar refractivity (Wildman–Crippen MR) is 139 cm³/mol. The van der Waals surface area contributed by atoms with Crippen LogP contribution in [0, 0.1) is 10.1 Å². The maximum atomic E-state index is 12.8. The van der Waals surface area contributed by atoms with Gasteiger partial charge in [0.1, 0.15) is 12.4 Å². The third-order valence-electron chi connectivity index (χ3n) is 5.33. The summed E-state index contributed by atoms with van der Waals surface area (Å²) < 4.78 is 6.46. The summed E-state index contributed by atoms with van der Waals surface area (Å²) in [4.78, 5) is 37.3. The summed E-state index contributed by atoms with van der Waals surface area (Å²) in [5.41, 5.74) is 2.60. The van der Waals surface area contributed by atoms with Crippen molar-refractivity contribution in [1.82, 2.24) is 4.90 Å². The highest BCUT2D eigenvalue weighted by Crippen LogP contribution is 2.34. The average Bonchev–Trinajstić information content (AvgIpc) is 3.11. The van der Waals surface area contributed by atoms with E-state index in [1.807, 2.05) is 30.3 Å². The minimum absolute atomic E-state index is 0.00882. The van der Waals surface area contributed by atoms with Crippen molar-refractivity contribution in [3.8, 4) is 5.75 Å². The van der Waals surface area contributed by atoms with Gasteiger partial charge in [0.2, 0.25) is 0 Å². The number of hydrogen-bond donors (Lipinski definition) is 0. The molecule has 4 rings (SSSR count). The Morgan fingerprint density at radius 1 is 1.00 bits per heavy atom. The highest BCUT2D eigenvalue weighted by atomic mass is 79.9. The van der Waals surface area contributed by atoms with Gasteiger partial charge in [-0.05, 0) is 75.4 Å². The van der Waals surface area contributed by atoms with Gasteiger partial charge in [-0.25, -0.2) is 0 Å². The minimum atomic E-state index is -0.445. The summed E-state index contributed by atoms with van der Waals surface area (Å²) in [6, 6.07) is 21.6. The number of aryl methyl sites for hydroxylation is 1. The molecule has 1 fully saturated rings. The van der Waals surface area contributed by atoms with Gasteiger partial charge in [-0.2, -0.15) is 0 Å². The third-order valence-corrected chi connectivity index (χ3v) is 6.86. The number of benzene rings is 3. The molecule has 0 N–H and O–H groups in total. The van der Waals surface area contributed by atoms with Gasteiger partial charge in [-0.3, -0.25) is 24.6 Å². The number of carbonyl (C=O) groups is 2. The van der Waals surface area contributed by atoms with Gasteiger partial charge < -0.3 is 4.74 Å². The van der Waals surface area contributed by atoms with Gasteiger partial charge in [0.25, 0.3) is 16.8 Å². The third kappa shape index (κ3) is 6.37. The highest BCUT2D eigenvalue weighted by Gasteiger charge is 2.34. The van der Waals surface area contributed by atoms with Crippen molar-refractivity contribution >= 4 is 50.6 Å². The molecule has 9 heteroatoms. The monoisotopic (exact) mass is 552 g/mol. The van der Waals surface area contributed by atoms with E-state index < -0.39 is 4.92 Å². The molecule has 0 atom stereocenters. The Kier molecular flexibility index (Phi) is 7.99. The average molecular weight is 553 g/mol. The lowest BCUT2D eigenvalue weighted by atomic mass is 10.1. The maximum Gasteiger partial charge on any atom is 0.293 e. The largest absolute Gasteiger partial charge is 0.488 e. The molecule has 0 unspecified atom stereocenters. The molecule has 7 nitrogen and oxygen atoms in total. The van der Waals surface area contributed by atoms with E-state index in [0.29, 0.717) is 33.7 Å². The molecular weight excluding hydrogens is 532 g/mol. The maximum absolute atomic E-state index is 12.8. The number of non-ortho nitro benzene ring substituents is 1. The summed E-state index contributed by atoms with van der Waals surface area (Å²) in [6.07, 6.45) is 3.20.